The van der Waals surface area contributed by atoms with E-state index in [1.54, 1.807) is 0 Å². The van der Waals surface area contributed by atoms with E-state index in [2.05, 4.69) is 36.4 Å². The first kappa shape index (κ1) is 13.6. The summed E-state index contributed by atoms with van der Waals surface area (Å²) in [6.45, 7) is 7.83. The summed E-state index contributed by atoms with van der Waals surface area (Å²) in [5.74, 6) is 0. The molecule has 102 valence electrons. The zero-order chi connectivity index (χ0) is 13.8. The number of para-hydroxylation sites is 1. The second kappa shape index (κ2) is 5.89. The Balaban J connectivity index is 2.33. The van der Waals surface area contributed by atoms with Crippen LogP contribution in [0.25, 0.3) is 5.69 Å². The van der Waals surface area contributed by atoms with E-state index in [0.29, 0.717) is 6.54 Å². The fourth-order valence-corrected chi connectivity index (χ4v) is 2.25. The fourth-order valence-electron chi connectivity index (χ4n) is 2.25. The third-order valence-electron chi connectivity index (χ3n) is 3.32. The van der Waals surface area contributed by atoms with Crippen molar-refractivity contribution < 1.29 is 0 Å². The molecule has 1 aromatic carbocycles. The number of nitrogens with one attached hydrogen (secondary N) is 1. The molecule has 0 saturated carbocycles. The molecule has 0 aliphatic rings. The van der Waals surface area contributed by atoms with Crippen LogP contribution in [-0.2, 0) is 0 Å². The van der Waals surface area contributed by atoms with Crippen LogP contribution in [0, 0.1) is 20.8 Å². The molecule has 1 heterocycles. The van der Waals surface area contributed by atoms with E-state index >= 15 is 0 Å². The molecule has 4 heteroatoms. The van der Waals surface area contributed by atoms with Gasteiger partial charge < -0.3 is 11.1 Å². The Morgan fingerprint density at radius 2 is 1.95 bits per heavy atom. The molecule has 0 aliphatic carbocycles. The number of anilines is 1. The van der Waals surface area contributed by atoms with Gasteiger partial charge in [-0.1, -0.05) is 18.2 Å². The summed E-state index contributed by atoms with van der Waals surface area (Å²) >= 11 is 0. The molecule has 0 saturated heterocycles. The van der Waals surface area contributed by atoms with Gasteiger partial charge in [0.25, 0.3) is 0 Å². The highest BCUT2D eigenvalue weighted by Crippen LogP contribution is 2.24. The van der Waals surface area contributed by atoms with Crippen LogP contribution in [0.15, 0.2) is 24.3 Å². The van der Waals surface area contributed by atoms with Crippen LogP contribution < -0.4 is 11.1 Å². The van der Waals surface area contributed by atoms with Gasteiger partial charge >= 0.3 is 0 Å². The van der Waals surface area contributed by atoms with Gasteiger partial charge in [0.05, 0.1) is 22.8 Å². The molecule has 0 radical (unpaired) electrons. The van der Waals surface area contributed by atoms with Gasteiger partial charge in [-0.2, -0.15) is 5.10 Å². The monoisotopic (exact) mass is 258 g/mol. The molecule has 19 heavy (non-hydrogen) atoms. The lowest BCUT2D eigenvalue weighted by Crippen LogP contribution is -2.09. The summed E-state index contributed by atoms with van der Waals surface area (Å²) in [5.41, 5.74) is 11.2. The highest BCUT2D eigenvalue weighted by atomic mass is 15.3. The van der Waals surface area contributed by atoms with Gasteiger partial charge in [-0.05, 0) is 45.4 Å². The molecule has 1 aromatic heterocycles. The molecular formula is C15H22N4. The average molecular weight is 258 g/mol. The van der Waals surface area contributed by atoms with Crippen molar-refractivity contribution in [1.82, 2.24) is 9.78 Å². The number of hydrogen-bond donors (Lipinski definition) is 2. The van der Waals surface area contributed by atoms with E-state index in [1.807, 2.05) is 23.7 Å². The molecule has 3 N–H and O–H groups in total. The number of aromatic nitrogens is 2. The third kappa shape index (κ3) is 2.79. The summed E-state index contributed by atoms with van der Waals surface area (Å²) in [6, 6.07) is 8.29. The van der Waals surface area contributed by atoms with Gasteiger partial charge in [-0.15, -0.1) is 0 Å². The van der Waals surface area contributed by atoms with Crippen LogP contribution in [0.4, 0.5) is 5.69 Å². The summed E-state index contributed by atoms with van der Waals surface area (Å²) < 4.78 is 2.01. The first-order chi connectivity index (χ1) is 9.15. The topological polar surface area (TPSA) is 55.9 Å². The lowest BCUT2D eigenvalue weighted by molar-refractivity contribution is 0.827. The Morgan fingerprint density at radius 3 is 2.63 bits per heavy atom. The highest BCUT2D eigenvalue weighted by molar-refractivity contribution is 5.55. The van der Waals surface area contributed by atoms with Gasteiger partial charge in [0.2, 0.25) is 0 Å². The van der Waals surface area contributed by atoms with Crippen molar-refractivity contribution in [3.63, 3.8) is 0 Å². The molecule has 0 spiro atoms. The molecule has 2 rings (SSSR count). The largest absolute Gasteiger partial charge is 0.382 e. The molecule has 0 aliphatic heterocycles. The van der Waals surface area contributed by atoms with Crippen LogP contribution >= 0.6 is 0 Å². The van der Waals surface area contributed by atoms with Crippen molar-refractivity contribution in [3.05, 3.63) is 41.2 Å². The Morgan fingerprint density at radius 1 is 1.21 bits per heavy atom. The maximum atomic E-state index is 5.52. The molecule has 0 fully saturated rings. The molecule has 2 aromatic rings. The number of nitrogens with zero attached hydrogens (tertiary/aromatic N) is 2. The maximum Gasteiger partial charge on any atom is 0.0832 e. The summed E-state index contributed by atoms with van der Waals surface area (Å²) in [5, 5.41) is 8.07. The normalized spacial score (nSPS) is 10.7. The third-order valence-corrected chi connectivity index (χ3v) is 3.32. The van der Waals surface area contributed by atoms with Crippen LogP contribution in [0.2, 0.25) is 0 Å². The number of aryl methyl sites for hydroxylation is 2. The maximum absolute atomic E-state index is 5.52. The number of nitrogens with two attached hydrogens (primary N) is 1. The quantitative estimate of drug-likeness (QED) is 0.810. The fraction of sp³-hybridized carbons (Fsp3) is 0.400. The van der Waals surface area contributed by atoms with E-state index in [4.69, 9.17) is 5.73 Å². The highest BCUT2D eigenvalue weighted by Gasteiger charge is 2.13. The van der Waals surface area contributed by atoms with Gasteiger partial charge in [-0.3, -0.25) is 0 Å². The van der Waals surface area contributed by atoms with E-state index in [-0.39, 0.29) is 0 Å². The van der Waals surface area contributed by atoms with Crippen LogP contribution in [-0.4, -0.2) is 22.9 Å². The lowest BCUT2D eigenvalue weighted by Gasteiger charge is -2.09. The van der Waals surface area contributed by atoms with Crippen molar-refractivity contribution in [2.24, 2.45) is 5.73 Å². The van der Waals surface area contributed by atoms with E-state index in [0.717, 1.165) is 35.7 Å². The van der Waals surface area contributed by atoms with Crippen molar-refractivity contribution in [2.75, 3.05) is 18.4 Å². The Labute approximate surface area is 114 Å². The van der Waals surface area contributed by atoms with Crippen molar-refractivity contribution in [2.45, 2.75) is 27.2 Å². The predicted molar refractivity (Wildman–Crippen MR) is 79.9 cm³/mol. The van der Waals surface area contributed by atoms with E-state index in [1.165, 1.54) is 5.56 Å². The molecule has 0 amide bonds. The molecular weight excluding hydrogens is 236 g/mol. The predicted octanol–water partition coefficient (Wildman–Crippen LogP) is 2.56. The molecule has 0 atom stereocenters. The van der Waals surface area contributed by atoms with Gasteiger partial charge in [0, 0.05) is 6.54 Å². The summed E-state index contributed by atoms with van der Waals surface area (Å²) in [7, 11) is 0. The first-order valence-electron chi connectivity index (χ1n) is 6.71. The van der Waals surface area contributed by atoms with Crippen molar-refractivity contribution in [1.29, 1.82) is 0 Å². The number of benzene rings is 1. The Kier molecular flexibility index (Phi) is 4.22. The summed E-state index contributed by atoms with van der Waals surface area (Å²) in [4.78, 5) is 0. The minimum Gasteiger partial charge on any atom is -0.382 e. The minimum atomic E-state index is 0.705. The van der Waals surface area contributed by atoms with Crippen molar-refractivity contribution >= 4 is 5.69 Å². The Hall–Kier alpha value is -1.81. The van der Waals surface area contributed by atoms with Crippen LogP contribution in [0.5, 0.6) is 0 Å². The standard InChI is InChI=1S/C15H22N4/c1-11-7-4-5-8-14(11)19-13(3)15(12(2)18-19)17-10-6-9-16/h4-5,7-8,17H,6,9-10,16H2,1-3H3. The van der Waals surface area contributed by atoms with Gasteiger partial charge in [-0.25, -0.2) is 4.68 Å². The van der Waals surface area contributed by atoms with Crippen molar-refractivity contribution in [3.8, 4) is 5.69 Å². The molecule has 4 nitrogen and oxygen atoms in total. The SMILES string of the molecule is Cc1ccccc1-n1nc(C)c(NCCCN)c1C. The van der Waals surface area contributed by atoms with E-state index in [9.17, 15) is 0 Å². The van der Waals surface area contributed by atoms with Crippen LogP contribution in [0.1, 0.15) is 23.4 Å². The lowest BCUT2D eigenvalue weighted by atomic mass is 10.2. The zero-order valence-electron chi connectivity index (χ0n) is 11.9. The first-order valence-corrected chi connectivity index (χ1v) is 6.71. The average Bonchev–Trinajstić information content (AvgIpc) is 2.67. The van der Waals surface area contributed by atoms with E-state index < -0.39 is 0 Å². The zero-order valence-corrected chi connectivity index (χ0v) is 11.9. The van der Waals surface area contributed by atoms with Gasteiger partial charge in [0.15, 0.2) is 0 Å². The minimum absolute atomic E-state index is 0.705. The second-order valence-electron chi connectivity index (χ2n) is 4.81. The molecule has 0 unspecified atom stereocenters. The number of rotatable bonds is 5. The molecule has 0 bridgehead atoms. The van der Waals surface area contributed by atoms with Crippen LogP contribution in [0.3, 0.4) is 0 Å². The van der Waals surface area contributed by atoms with Gasteiger partial charge in [0.1, 0.15) is 0 Å². The second-order valence-corrected chi connectivity index (χ2v) is 4.81. The Bertz CT molecular complexity index is 557. The smallest absolute Gasteiger partial charge is 0.0832 e. The number of hydrogen-bond acceptors (Lipinski definition) is 3. The summed E-state index contributed by atoms with van der Waals surface area (Å²) in [6.07, 6.45) is 0.967.